The van der Waals surface area contributed by atoms with E-state index in [-0.39, 0.29) is 12.8 Å². The van der Waals surface area contributed by atoms with Crippen LogP contribution in [0.25, 0.3) is 0 Å². The van der Waals surface area contributed by atoms with Gasteiger partial charge >= 0.3 is 0 Å². The first-order valence-corrected chi connectivity index (χ1v) is 6.09. The number of carbonyl (C=O) groups excluding carboxylic acids is 2. The van der Waals surface area contributed by atoms with Gasteiger partial charge in [-0.05, 0) is 11.1 Å². The molecule has 3 nitrogen and oxygen atoms in total. The highest BCUT2D eigenvalue weighted by molar-refractivity contribution is 5.96. The van der Waals surface area contributed by atoms with Gasteiger partial charge < -0.3 is 0 Å². The Bertz CT molecular complexity index is 498. The number of carbonyl (C=O) groups is 2. The van der Waals surface area contributed by atoms with Gasteiger partial charge in [0.25, 0.3) is 11.8 Å². The molecular formula is C16H14NO2. The number of imide groups is 1. The number of amides is 2. The van der Waals surface area contributed by atoms with E-state index in [1.165, 1.54) is 0 Å². The molecule has 3 heteroatoms. The summed E-state index contributed by atoms with van der Waals surface area (Å²) in [6.07, 6.45) is 0.336. The summed E-state index contributed by atoms with van der Waals surface area (Å²) in [6, 6.07) is 18.6. The van der Waals surface area contributed by atoms with E-state index in [0.29, 0.717) is 0 Å². The minimum Gasteiger partial charge on any atom is -0.272 e. The largest absolute Gasteiger partial charge is 0.272 e. The normalized spacial score (nSPS) is 9.89. The molecule has 0 saturated carbocycles. The summed E-state index contributed by atoms with van der Waals surface area (Å²) in [4.78, 5) is 23.3. The van der Waals surface area contributed by atoms with Crippen molar-refractivity contribution in [1.82, 2.24) is 5.32 Å². The lowest BCUT2D eigenvalue weighted by molar-refractivity contribution is -0.130. The van der Waals surface area contributed by atoms with Crippen molar-refractivity contribution in [1.29, 1.82) is 0 Å². The maximum Gasteiger partial charge on any atom is 0.253 e. The minimum atomic E-state index is -0.396. The number of rotatable bonds is 4. The molecule has 0 atom stereocenters. The molecule has 95 valence electrons. The third-order valence-corrected chi connectivity index (χ3v) is 2.65. The quantitative estimate of drug-likeness (QED) is 0.837. The van der Waals surface area contributed by atoms with Gasteiger partial charge in [0.1, 0.15) is 0 Å². The van der Waals surface area contributed by atoms with Crippen LogP contribution in [0.5, 0.6) is 0 Å². The molecule has 2 aromatic rings. The Hall–Kier alpha value is -2.42. The van der Waals surface area contributed by atoms with E-state index < -0.39 is 11.8 Å². The summed E-state index contributed by atoms with van der Waals surface area (Å²) in [5.74, 6) is -0.792. The second kappa shape index (κ2) is 6.50. The van der Waals surface area contributed by atoms with E-state index in [9.17, 15) is 9.59 Å². The molecule has 0 aliphatic rings. The highest BCUT2D eigenvalue weighted by Crippen LogP contribution is 2.02. The fourth-order valence-corrected chi connectivity index (χ4v) is 1.76. The highest BCUT2D eigenvalue weighted by atomic mass is 16.2. The molecule has 0 aliphatic heterocycles. The van der Waals surface area contributed by atoms with Crippen molar-refractivity contribution in [2.45, 2.75) is 12.8 Å². The van der Waals surface area contributed by atoms with Crippen molar-refractivity contribution < 1.29 is 9.59 Å². The number of nitrogens with zero attached hydrogens (tertiary/aromatic N) is 1. The van der Waals surface area contributed by atoms with Crippen LogP contribution in [0, 0.1) is 0 Å². The van der Waals surface area contributed by atoms with Gasteiger partial charge in [-0.1, -0.05) is 60.7 Å². The maximum atomic E-state index is 11.6. The van der Waals surface area contributed by atoms with Crippen molar-refractivity contribution in [2.75, 3.05) is 0 Å². The summed E-state index contributed by atoms with van der Waals surface area (Å²) in [5, 5.41) is 3.59. The van der Waals surface area contributed by atoms with E-state index in [1.807, 2.05) is 60.7 Å². The highest BCUT2D eigenvalue weighted by Gasteiger charge is 2.11. The fourth-order valence-electron chi connectivity index (χ4n) is 1.76. The van der Waals surface area contributed by atoms with Gasteiger partial charge in [-0.2, -0.15) is 5.32 Å². The van der Waals surface area contributed by atoms with Crippen LogP contribution in [0.4, 0.5) is 0 Å². The molecule has 0 unspecified atom stereocenters. The van der Waals surface area contributed by atoms with E-state index in [4.69, 9.17) is 0 Å². The number of benzene rings is 2. The van der Waals surface area contributed by atoms with Crippen molar-refractivity contribution in [3.05, 3.63) is 71.8 Å². The number of hydrogen-bond donors (Lipinski definition) is 0. The van der Waals surface area contributed by atoms with Crippen LogP contribution in [0.15, 0.2) is 60.7 Å². The van der Waals surface area contributed by atoms with Crippen LogP contribution in [0.1, 0.15) is 11.1 Å². The zero-order valence-corrected chi connectivity index (χ0v) is 10.5. The average Bonchev–Trinajstić information content (AvgIpc) is 2.40. The summed E-state index contributed by atoms with van der Waals surface area (Å²) < 4.78 is 0. The molecule has 0 N–H and O–H groups in total. The summed E-state index contributed by atoms with van der Waals surface area (Å²) >= 11 is 0. The smallest absolute Gasteiger partial charge is 0.253 e. The topological polar surface area (TPSA) is 48.2 Å². The van der Waals surface area contributed by atoms with Crippen LogP contribution in [0.2, 0.25) is 0 Å². The van der Waals surface area contributed by atoms with Crippen LogP contribution in [-0.4, -0.2) is 11.8 Å². The van der Waals surface area contributed by atoms with E-state index >= 15 is 0 Å². The average molecular weight is 252 g/mol. The molecule has 0 saturated heterocycles. The van der Waals surface area contributed by atoms with Crippen LogP contribution in [0.3, 0.4) is 0 Å². The predicted molar refractivity (Wildman–Crippen MR) is 72.4 cm³/mol. The van der Waals surface area contributed by atoms with Gasteiger partial charge in [0.05, 0.1) is 12.8 Å². The lowest BCUT2D eigenvalue weighted by Gasteiger charge is -2.02. The van der Waals surface area contributed by atoms with Crippen LogP contribution >= 0.6 is 0 Å². The monoisotopic (exact) mass is 252 g/mol. The Morgan fingerprint density at radius 3 is 1.42 bits per heavy atom. The molecule has 1 radical (unpaired) electrons. The zero-order chi connectivity index (χ0) is 13.5. The fraction of sp³-hybridized carbons (Fsp3) is 0.125. The van der Waals surface area contributed by atoms with Crippen molar-refractivity contribution in [3.8, 4) is 0 Å². The van der Waals surface area contributed by atoms with E-state index in [2.05, 4.69) is 5.32 Å². The third-order valence-electron chi connectivity index (χ3n) is 2.65. The standard InChI is InChI=1S/C16H14NO2/c18-15(11-13-7-3-1-4-8-13)17-16(19)12-14-9-5-2-6-10-14/h1-10H,11-12H2. The molecule has 0 fully saturated rings. The van der Waals surface area contributed by atoms with Crippen LogP contribution < -0.4 is 5.32 Å². The Kier molecular flexibility index (Phi) is 4.45. The van der Waals surface area contributed by atoms with Gasteiger partial charge in [0.15, 0.2) is 0 Å². The first kappa shape index (κ1) is 13.0. The van der Waals surface area contributed by atoms with Gasteiger partial charge in [0, 0.05) is 0 Å². The Balaban J connectivity index is 1.84. The Morgan fingerprint density at radius 1 is 0.684 bits per heavy atom. The van der Waals surface area contributed by atoms with Crippen LogP contribution in [-0.2, 0) is 22.4 Å². The molecule has 0 heterocycles. The molecule has 2 aromatic carbocycles. The molecule has 0 bridgehead atoms. The molecule has 2 rings (SSSR count). The summed E-state index contributed by atoms with van der Waals surface area (Å²) in [5.41, 5.74) is 1.73. The second-order valence-electron chi connectivity index (χ2n) is 4.22. The van der Waals surface area contributed by atoms with Gasteiger partial charge in [-0.3, -0.25) is 9.59 Å². The molecule has 2 amide bonds. The molecule has 19 heavy (non-hydrogen) atoms. The third kappa shape index (κ3) is 4.39. The van der Waals surface area contributed by atoms with Gasteiger partial charge in [-0.25, -0.2) is 0 Å². The van der Waals surface area contributed by atoms with Gasteiger partial charge in [-0.15, -0.1) is 0 Å². The van der Waals surface area contributed by atoms with E-state index in [0.717, 1.165) is 11.1 Å². The number of hydrogen-bond acceptors (Lipinski definition) is 2. The van der Waals surface area contributed by atoms with Crippen molar-refractivity contribution in [2.24, 2.45) is 0 Å². The van der Waals surface area contributed by atoms with Crippen molar-refractivity contribution in [3.63, 3.8) is 0 Å². The molecule has 0 spiro atoms. The minimum absolute atomic E-state index is 0.168. The Labute approximate surface area is 112 Å². The predicted octanol–water partition coefficient (Wildman–Crippen LogP) is 2.13. The maximum absolute atomic E-state index is 11.6. The van der Waals surface area contributed by atoms with Crippen molar-refractivity contribution >= 4 is 11.8 Å². The molecule has 0 aromatic heterocycles. The summed E-state index contributed by atoms with van der Waals surface area (Å²) in [6.45, 7) is 0. The zero-order valence-electron chi connectivity index (χ0n) is 10.5. The molecular weight excluding hydrogens is 238 g/mol. The lowest BCUT2D eigenvalue weighted by Crippen LogP contribution is -2.25. The van der Waals surface area contributed by atoms with Gasteiger partial charge in [0.2, 0.25) is 0 Å². The SMILES string of the molecule is O=C(Cc1ccccc1)[N]C(=O)Cc1ccccc1. The molecule has 0 aliphatic carbocycles. The second-order valence-corrected chi connectivity index (χ2v) is 4.22. The Morgan fingerprint density at radius 2 is 1.05 bits per heavy atom. The van der Waals surface area contributed by atoms with E-state index in [1.54, 1.807) is 0 Å². The summed E-state index contributed by atoms with van der Waals surface area (Å²) in [7, 11) is 0. The first-order valence-electron chi connectivity index (χ1n) is 6.09. The first-order chi connectivity index (χ1) is 9.24. The lowest BCUT2D eigenvalue weighted by atomic mass is 10.1.